The van der Waals surface area contributed by atoms with E-state index in [9.17, 15) is 4.39 Å². The Morgan fingerprint density at radius 2 is 1.95 bits per heavy atom. The van der Waals surface area contributed by atoms with E-state index in [4.69, 9.17) is 4.74 Å². The Labute approximate surface area is 124 Å². The monoisotopic (exact) mass is 291 g/mol. The van der Waals surface area contributed by atoms with Gasteiger partial charge in [0.1, 0.15) is 11.5 Å². The van der Waals surface area contributed by atoms with Crippen molar-refractivity contribution in [3.63, 3.8) is 0 Å². The van der Waals surface area contributed by atoms with Gasteiger partial charge in [-0.1, -0.05) is 19.1 Å². The number of methoxy groups -OCH3 is 1. The highest BCUT2D eigenvalue weighted by atomic mass is 19.1. The molecule has 0 saturated carbocycles. The molecule has 0 spiro atoms. The Hall–Kier alpha value is -1.88. The maximum Gasteiger partial charge on any atom is 0.161 e. The third-order valence-electron chi connectivity index (χ3n) is 3.39. The Morgan fingerprint density at radius 3 is 2.48 bits per heavy atom. The summed E-state index contributed by atoms with van der Waals surface area (Å²) in [6.07, 6.45) is 1.73. The summed E-state index contributed by atoms with van der Waals surface area (Å²) in [4.78, 5) is 0. The van der Waals surface area contributed by atoms with E-state index >= 15 is 0 Å². The number of rotatable bonds is 6. The minimum atomic E-state index is -0.238. The summed E-state index contributed by atoms with van der Waals surface area (Å²) in [5, 5.41) is 7.84. The fourth-order valence-corrected chi connectivity index (χ4v) is 2.43. The van der Waals surface area contributed by atoms with Crippen molar-refractivity contribution in [2.24, 2.45) is 0 Å². The van der Waals surface area contributed by atoms with Gasteiger partial charge in [0.25, 0.3) is 0 Å². The van der Waals surface area contributed by atoms with Gasteiger partial charge in [-0.05, 0) is 38.1 Å². The molecule has 0 radical (unpaired) electrons. The van der Waals surface area contributed by atoms with Gasteiger partial charge in [-0.15, -0.1) is 0 Å². The van der Waals surface area contributed by atoms with Gasteiger partial charge in [0.05, 0.1) is 19.3 Å². The lowest BCUT2D eigenvalue weighted by molar-refractivity contribution is 0.394. The normalized spacial score (nSPS) is 12.7. The second-order valence-corrected chi connectivity index (χ2v) is 5.18. The molecule has 0 aliphatic heterocycles. The molecule has 0 bridgehead atoms. The SMILES string of the molecule is CCNC(c1ccc(F)cc1)c1c(OC)cnn1C(C)C. The molecular formula is C16H22FN3O. The lowest BCUT2D eigenvalue weighted by Crippen LogP contribution is -2.26. The van der Waals surface area contributed by atoms with Crippen LogP contribution in [0, 0.1) is 5.82 Å². The number of nitrogens with one attached hydrogen (secondary N) is 1. The molecule has 0 aliphatic rings. The molecule has 0 saturated heterocycles. The van der Waals surface area contributed by atoms with Gasteiger partial charge >= 0.3 is 0 Å². The largest absolute Gasteiger partial charge is 0.493 e. The minimum absolute atomic E-state index is 0.0875. The molecule has 1 unspecified atom stereocenters. The predicted octanol–water partition coefficient (Wildman–Crippen LogP) is 3.31. The topological polar surface area (TPSA) is 39.1 Å². The van der Waals surface area contributed by atoms with Gasteiger partial charge in [-0.3, -0.25) is 4.68 Å². The van der Waals surface area contributed by atoms with E-state index in [0.29, 0.717) is 0 Å². The Bertz CT molecular complexity index is 578. The quantitative estimate of drug-likeness (QED) is 0.887. The summed E-state index contributed by atoms with van der Waals surface area (Å²) in [6.45, 7) is 6.97. The standard InChI is InChI=1S/C16H22FN3O/c1-5-18-15(12-6-8-13(17)9-7-12)16-14(21-4)10-19-20(16)11(2)3/h6-11,15,18H,5H2,1-4H3. The zero-order valence-corrected chi connectivity index (χ0v) is 12.9. The van der Waals surface area contributed by atoms with E-state index in [-0.39, 0.29) is 17.9 Å². The Balaban J connectivity index is 2.51. The second-order valence-electron chi connectivity index (χ2n) is 5.18. The summed E-state index contributed by atoms with van der Waals surface area (Å²) in [5.41, 5.74) is 1.94. The van der Waals surface area contributed by atoms with E-state index in [1.54, 1.807) is 25.4 Å². The van der Waals surface area contributed by atoms with Crippen molar-refractivity contribution in [2.75, 3.05) is 13.7 Å². The molecule has 1 aromatic carbocycles. The third kappa shape index (κ3) is 3.24. The summed E-state index contributed by atoms with van der Waals surface area (Å²) >= 11 is 0. The molecule has 21 heavy (non-hydrogen) atoms. The van der Waals surface area contributed by atoms with Gasteiger partial charge < -0.3 is 10.1 Å². The molecule has 114 valence electrons. The van der Waals surface area contributed by atoms with E-state index in [1.165, 1.54) is 12.1 Å². The highest BCUT2D eigenvalue weighted by molar-refractivity contribution is 5.36. The summed E-state index contributed by atoms with van der Waals surface area (Å²) in [5.74, 6) is 0.498. The van der Waals surface area contributed by atoms with Gasteiger partial charge in [-0.2, -0.15) is 5.10 Å². The molecule has 2 rings (SSSR count). The number of halogens is 1. The van der Waals surface area contributed by atoms with Crippen LogP contribution in [0.25, 0.3) is 0 Å². The molecule has 1 N–H and O–H groups in total. The molecule has 0 amide bonds. The number of nitrogens with zero attached hydrogens (tertiary/aromatic N) is 2. The fourth-order valence-electron chi connectivity index (χ4n) is 2.43. The van der Waals surface area contributed by atoms with Gasteiger partial charge in [0.15, 0.2) is 5.75 Å². The minimum Gasteiger partial charge on any atom is -0.493 e. The van der Waals surface area contributed by atoms with Crippen molar-refractivity contribution in [1.82, 2.24) is 15.1 Å². The highest BCUT2D eigenvalue weighted by Crippen LogP contribution is 2.31. The average Bonchev–Trinajstić information content (AvgIpc) is 2.89. The number of hydrogen-bond donors (Lipinski definition) is 1. The molecular weight excluding hydrogens is 269 g/mol. The van der Waals surface area contributed by atoms with Crippen molar-refractivity contribution >= 4 is 0 Å². The van der Waals surface area contributed by atoms with Crippen molar-refractivity contribution in [3.8, 4) is 5.75 Å². The molecule has 0 aliphatic carbocycles. The lowest BCUT2D eigenvalue weighted by atomic mass is 10.0. The lowest BCUT2D eigenvalue weighted by Gasteiger charge is -2.22. The smallest absolute Gasteiger partial charge is 0.161 e. The first-order chi connectivity index (χ1) is 10.1. The van der Waals surface area contributed by atoms with Crippen molar-refractivity contribution in [3.05, 3.63) is 47.5 Å². The molecule has 2 aromatic rings. The van der Waals surface area contributed by atoms with Crippen LogP contribution in [-0.4, -0.2) is 23.4 Å². The summed E-state index contributed by atoms with van der Waals surface area (Å²) in [6, 6.07) is 6.66. The van der Waals surface area contributed by atoms with Crippen LogP contribution in [0.1, 0.15) is 44.1 Å². The first-order valence-corrected chi connectivity index (χ1v) is 7.18. The number of hydrogen-bond acceptors (Lipinski definition) is 3. The molecule has 5 heteroatoms. The number of benzene rings is 1. The van der Waals surface area contributed by atoms with Gasteiger partial charge in [-0.25, -0.2) is 4.39 Å². The molecule has 0 fully saturated rings. The van der Waals surface area contributed by atoms with Crippen LogP contribution >= 0.6 is 0 Å². The zero-order chi connectivity index (χ0) is 15.4. The number of ether oxygens (including phenoxy) is 1. The van der Waals surface area contributed by atoms with E-state index in [2.05, 4.69) is 24.3 Å². The molecule has 1 atom stereocenters. The van der Waals surface area contributed by atoms with Crippen LogP contribution in [0.3, 0.4) is 0 Å². The van der Waals surface area contributed by atoms with E-state index in [1.807, 2.05) is 11.6 Å². The van der Waals surface area contributed by atoms with E-state index in [0.717, 1.165) is 23.6 Å². The molecule has 1 heterocycles. The maximum atomic E-state index is 13.2. The second kappa shape index (κ2) is 6.72. The van der Waals surface area contributed by atoms with Crippen LogP contribution in [0.15, 0.2) is 30.5 Å². The average molecular weight is 291 g/mol. The van der Waals surface area contributed by atoms with Crippen LogP contribution in [-0.2, 0) is 0 Å². The van der Waals surface area contributed by atoms with Crippen LogP contribution in [0.5, 0.6) is 5.75 Å². The Kier molecular flexibility index (Phi) is 4.96. The Morgan fingerprint density at radius 1 is 1.29 bits per heavy atom. The predicted molar refractivity (Wildman–Crippen MR) is 81.1 cm³/mol. The van der Waals surface area contributed by atoms with Crippen LogP contribution < -0.4 is 10.1 Å². The van der Waals surface area contributed by atoms with Crippen molar-refractivity contribution in [2.45, 2.75) is 32.9 Å². The number of aromatic nitrogens is 2. The zero-order valence-electron chi connectivity index (χ0n) is 12.9. The third-order valence-corrected chi connectivity index (χ3v) is 3.39. The van der Waals surface area contributed by atoms with Crippen LogP contribution in [0.4, 0.5) is 4.39 Å². The molecule has 1 aromatic heterocycles. The van der Waals surface area contributed by atoms with Gasteiger partial charge in [0.2, 0.25) is 0 Å². The van der Waals surface area contributed by atoms with Crippen molar-refractivity contribution < 1.29 is 9.13 Å². The first-order valence-electron chi connectivity index (χ1n) is 7.18. The first kappa shape index (κ1) is 15.5. The van der Waals surface area contributed by atoms with Gasteiger partial charge in [0, 0.05) is 6.04 Å². The fraction of sp³-hybridized carbons (Fsp3) is 0.438. The maximum absolute atomic E-state index is 13.2. The van der Waals surface area contributed by atoms with E-state index < -0.39 is 0 Å². The summed E-state index contributed by atoms with van der Waals surface area (Å²) < 4.78 is 20.6. The molecule has 4 nitrogen and oxygen atoms in total. The highest BCUT2D eigenvalue weighted by Gasteiger charge is 2.24. The summed E-state index contributed by atoms with van der Waals surface area (Å²) in [7, 11) is 1.64. The van der Waals surface area contributed by atoms with Crippen LogP contribution in [0.2, 0.25) is 0 Å². The van der Waals surface area contributed by atoms with Crippen molar-refractivity contribution in [1.29, 1.82) is 0 Å².